The third-order valence-electron chi connectivity index (χ3n) is 8.30. The van der Waals surface area contributed by atoms with Crippen LogP contribution in [0.25, 0.3) is 21.9 Å². The molecule has 1 saturated heterocycles. The Morgan fingerprint density at radius 3 is 2.32 bits per heavy atom. The minimum Gasteiger partial charge on any atom is -0.371 e. The maximum Gasteiger partial charge on any atom is 0.294 e. The summed E-state index contributed by atoms with van der Waals surface area (Å²) >= 11 is 0. The standard InChI is InChI=1S/C37H34N2O5/c40-37(22-27-8-6-9-28(20-27)26-44-39(41)42)38-19-18-35(34-15-7-14-33(23-34)30-10-2-1-3-11-30)36(24-38)43-25-29-16-17-31-12-4-5-13-32(31)21-29/h1-17,20-21,23,35-36H,18-19,22,24-26H2/t35-,36+/m1/s1. The number of carbonyl (C=O) groups is 1. The summed E-state index contributed by atoms with van der Waals surface area (Å²) in [6, 6.07) is 40.9. The van der Waals surface area contributed by atoms with Crippen LogP contribution in [-0.2, 0) is 34.0 Å². The molecule has 0 aromatic heterocycles. The maximum atomic E-state index is 13.5. The van der Waals surface area contributed by atoms with E-state index < -0.39 is 5.09 Å². The lowest BCUT2D eigenvalue weighted by atomic mass is 9.85. The topological polar surface area (TPSA) is 81.9 Å². The zero-order valence-corrected chi connectivity index (χ0v) is 24.4. The Morgan fingerprint density at radius 2 is 1.48 bits per heavy atom. The fourth-order valence-electron chi connectivity index (χ4n) is 6.05. The van der Waals surface area contributed by atoms with Crippen molar-refractivity contribution >= 4 is 16.7 Å². The van der Waals surface area contributed by atoms with E-state index >= 15 is 0 Å². The monoisotopic (exact) mass is 586 g/mol. The van der Waals surface area contributed by atoms with Crippen molar-refractivity contribution in [3.05, 3.63) is 154 Å². The Labute approximate surface area is 256 Å². The summed E-state index contributed by atoms with van der Waals surface area (Å²) in [5.74, 6) is 0.138. The average molecular weight is 587 g/mol. The van der Waals surface area contributed by atoms with Gasteiger partial charge in [0.2, 0.25) is 5.91 Å². The SMILES string of the molecule is O=C(Cc1cccc(CO[N+](=O)[O-])c1)N1CC[C@H](c2cccc(-c3ccccc3)c2)[C@@H](OCc2ccc3ccccc3c2)C1. The van der Waals surface area contributed by atoms with Crippen molar-refractivity contribution < 1.29 is 19.5 Å². The molecule has 1 fully saturated rings. The largest absolute Gasteiger partial charge is 0.371 e. The smallest absolute Gasteiger partial charge is 0.294 e. The Kier molecular flexibility index (Phi) is 8.94. The van der Waals surface area contributed by atoms with E-state index in [1.807, 2.05) is 41.3 Å². The zero-order chi connectivity index (χ0) is 30.3. The van der Waals surface area contributed by atoms with Crippen molar-refractivity contribution in [1.82, 2.24) is 4.90 Å². The minimum absolute atomic E-state index is 0.00753. The minimum atomic E-state index is -0.810. The van der Waals surface area contributed by atoms with E-state index in [1.165, 1.54) is 21.9 Å². The van der Waals surface area contributed by atoms with E-state index in [2.05, 4.69) is 71.6 Å². The molecule has 1 amide bonds. The van der Waals surface area contributed by atoms with Crippen molar-refractivity contribution in [3.63, 3.8) is 0 Å². The highest BCUT2D eigenvalue weighted by Crippen LogP contribution is 2.34. The van der Waals surface area contributed by atoms with E-state index in [9.17, 15) is 14.9 Å². The summed E-state index contributed by atoms with van der Waals surface area (Å²) in [5, 5.41) is 12.2. The molecule has 1 aliphatic rings. The molecule has 7 heteroatoms. The molecule has 5 aromatic carbocycles. The Bertz CT molecular complexity index is 1760. The first-order chi connectivity index (χ1) is 21.5. The third-order valence-corrected chi connectivity index (χ3v) is 8.30. The molecule has 2 atom stereocenters. The van der Waals surface area contributed by atoms with Gasteiger partial charge in [-0.15, -0.1) is 10.1 Å². The van der Waals surface area contributed by atoms with Crippen LogP contribution >= 0.6 is 0 Å². The van der Waals surface area contributed by atoms with Gasteiger partial charge in [-0.1, -0.05) is 115 Å². The van der Waals surface area contributed by atoms with Gasteiger partial charge in [-0.25, -0.2) is 0 Å². The van der Waals surface area contributed by atoms with E-state index in [0.29, 0.717) is 25.3 Å². The molecule has 0 N–H and O–H groups in total. The molecule has 0 bridgehead atoms. The van der Waals surface area contributed by atoms with Gasteiger partial charge in [0.15, 0.2) is 0 Å². The first-order valence-corrected chi connectivity index (χ1v) is 14.9. The lowest BCUT2D eigenvalue weighted by Crippen LogP contribution is -2.47. The number of piperidine rings is 1. The predicted octanol–water partition coefficient (Wildman–Crippen LogP) is 7.36. The normalized spacial score (nSPS) is 16.5. The molecular formula is C37H34N2O5. The molecule has 0 spiro atoms. The second kappa shape index (κ2) is 13.5. The summed E-state index contributed by atoms with van der Waals surface area (Å²) in [7, 11) is 0. The second-order valence-electron chi connectivity index (χ2n) is 11.3. The number of ether oxygens (including phenoxy) is 1. The highest BCUT2D eigenvalue weighted by Gasteiger charge is 2.33. The number of rotatable bonds is 10. The van der Waals surface area contributed by atoms with Crippen LogP contribution in [-0.4, -0.2) is 35.1 Å². The van der Waals surface area contributed by atoms with Crippen LogP contribution in [0.5, 0.6) is 0 Å². The van der Waals surface area contributed by atoms with Gasteiger partial charge in [-0.2, -0.15) is 0 Å². The van der Waals surface area contributed by atoms with Crippen molar-refractivity contribution in [2.75, 3.05) is 13.1 Å². The van der Waals surface area contributed by atoms with Crippen LogP contribution in [0.1, 0.15) is 34.6 Å². The van der Waals surface area contributed by atoms with Gasteiger partial charge < -0.3 is 14.5 Å². The second-order valence-corrected chi connectivity index (χ2v) is 11.3. The quantitative estimate of drug-likeness (QED) is 0.126. The van der Waals surface area contributed by atoms with Gasteiger partial charge >= 0.3 is 0 Å². The van der Waals surface area contributed by atoms with Gasteiger partial charge in [0, 0.05) is 19.0 Å². The molecule has 5 aromatic rings. The van der Waals surface area contributed by atoms with Gasteiger partial charge in [-0.05, 0) is 56.6 Å². The average Bonchev–Trinajstić information content (AvgIpc) is 3.07. The molecule has 0 radical (unpaired) electrons. The van der Waals surface area contributed by atoms with Crippen LogP contribution in [0.2, 0.25) is 0 Å². The fourth-order valence-corrected chi connectivity index (χ4v) is 6.05. The molecule has 6 rings (SSSR count). The number of benzene rings is 5. The van der Waals surface area contributed by atoms with E-state index in [-0.39, 0.29) is 31.0 Å². The van der Waals surface area contributed by atoms with Crippen LogP contribution in [0, 0.1) is 10.1 Å². The number of likely N-dealkylation sites (tertiary alicyclic amines) is 1. The molecule has 0 saturated carbocycles. The third kappa shape index (κ3) is 7.13. The van der Waals surface area contributed by atoms with Gasteiger partial charge in [0.1, 0.15) is 6.61 Å². The van der Waals surface area contributed by atoms with Gasteiger partial charge in [-0.3, -0.25) is 4.79 Å². The van der Waals surface area contributed by atoms with E-state index in [0.717, 1.165) is 23.1 Å². The van der Waals surface area contributed by atoms with Crippen molar-refractivity contribution in [2.45, 2.75) is 38.1 Å². The Hall–Kier alpha value is -5.01. The van der Waals surface area contributed by atoms with Crippen LogP contribution in [0.3, 0.4) is 0 Å². The number of hydrogen-bond donors (Lipinski definition) is 0. The van der Waals surface area contributed by atoms with Crippen molar-refractivity contribution in [1.29, 1.82) is 0 Å². The number of carbonyl (C=O) groups excluding carboxylic acids is 1. The summed E-state index contributed by atoms with van der Waals surface area (Å²) in [5.41, 5.74) is 6.08. The fraction of sp³-hybridized carbons (Fsp3) is 0.216. The summed E-state index contributed by atoms with van der Waals surface area (Å²) < 4.78 is 6.66. The highest BCUT2D eigenvalue weighted by molar-refractivity contribution is 5.83. The molecule has 222 valence electrons. The molecule has 0 unspecified atom stereocenters. The summed E-state index contributed by atoms with van der Waals surface area (Å²) in [6.45, 7) is 1.41. The maximum absolute atomic E-state index is 13.5. The van der Waals surface area contributed by atoms with Crippen molar-refractivity contribution in [3.8, 4) is 11.1 Å². The van der Waals surface area contributed by atoms with Crippen LogP contribution in [0.15, 0.2) is 121 Å². The lowest BCUT2D eigenvalue weighted by Gasteiger charge is -2.39. The molecule has 7 nitrogen and oxygen atoms in total. The number of hydrogen-bond acceptors (Lipinski definition) is 5. The first-order valence-electron chi connectivity index (χ1n) is 14.9. The first kappa shape index (κ1) is 29.1. The van der Waals surface area contributed by atoms with Crippen LogP contribution < -0.4 is 0 Å². The number of nitrogens with zero attached hydrogens (tertiary/aromatic N) is 2. The lowest BCUT2D eigenvalue weighted by molar-refractivity contribution is -0.763. The predicted molar refractivity (Wildman–Crippen MR) is 170 cm³/mol. The van der Waals surface area contributed by atoms with Gasteiger partial charge in [0.05, 0.1) is 19.1 Å². The molecule has 0 aliphatic carbocycles. The highest BCUT2D eigenvalue weighted by atomic mass is 16.9. The van der Waals surface area contributed by atoms with Gasteiger partial charge in [0.25, 0.3) is 5.09 Å². The van der Waals surface area contributed by atoms with E-state index in [4.69, 9.17) is 4.74 Å². The Balaban J connectivity index is 1.21. The summed E-state index contributed by atoms with van der Waals surface area (Å²) in [4.78, 5) is 30.5. The molecule has 1 aliphatic heterocycles. The Morgan fingerprint density at radius 1 is 0.750 bits per heavy atom. The molecule has 1 heterocycles. The molecule has 44 heavy (non-hydrogen) atoms. The molecular weight excluding hydrogens is 552 g/mol. The zero-order valence-electron chi connectivity index (χ0n) is 24.4. The van der Waals surface area contributed by atoms with E-state index in [1.54, 1.807) is 18.2 Å². The summed E-state index contributed by atoms with van der Waals surface area (Å²) in [6.07, 6.45) is 0.797. The van der Waals surface area contributed by atoms with Crippen LogP contribution in [0.4, 0.5) is 0 Å². The number of fused-ring (bicyclic) bond motifs is 1. The van der Waals surface area contributed by atoms with Crippen molar-refractivity contribution in [2.24, 2.45) is 0 Å². The number of amides is 1.